The number of halogens is 3. The lowest BCUT2D eigenvalue weighted by Gasteiger charge is -2.28. The average molecular weight is 276 g/mol. The summed E-state index contributed by atoms with van der Waals surface area (Å²) in [6.07, 6.45) is 3.87. The van der Waals surface area contributed by atoms with Gasteiger partial charge in [0.1, 0.15) is 0 Å². The van der Waals surface area contributed by atoms with Crippen LogP contribution in [-0.2, 0) is 9.53 Å². The molecule has 1 aliphatic rings. The molecule has 1 saturated carbocycles. The summed E-state index contributed by atoms with van der Waals surface area (Å²) in [6.45, 7) is 2.05. The van der Waals surface area contributed by atoms with Crippen LogP contribution in [0, 0.1) is 11.8 Å². The topological polar surface area (TPSA) is 26.3 Å². The third-order valence-corrected chi connectivity index (χ3v) is 3.25. The van der Waals surface area contributed by atoms with E-state index in [9.17, 15) is 18.0 Å². The van der Waals surface area contributed by atoms with Crippen molar-refractivity contribution in [3.8, 4) is 0 Å². The molecule has 0 aromatic heterocycles. The molecule has 108 valence electrons. The van der Waals surface area contributed by atoms with Crippen molar-refractivity contribution >= 4 is 5.97 Å². The zero-order valence-corrected chi connectivity index (χ0v) is 11.0. The largest absolute Gasteiger partial charge is 0.463 e. The van der Waals surface area contributed by atoms with Gasteiger partial charge in [-0.25, -0.2) is 4.79 Å². The number of carbonyl (C=O) groups excluding carboxylic acids is 1. The molecule has 0 heterocycles. The molecule has 1 aliphatic carbocycles. The minimum Gasteiger partial charge on any atom is -0.463 e. The molecule has 0 atom stereocenters. The summed E-state index contributed by atoms with van der Waals surface area (Å²) in [5.74, 6) is -1.38. The molecule has 0 aromatic carbocycles. The third-order valence-electron chi connectivity index (χ3n) is 3.25. The SMILES string of the molecule is CCOC(=O)/C=C/C=C/C1CCC(C(F)(F)F)CC1. The van der Waals surface area contributed by atoms with E-state index in [-0.39, 0.29) is 18.8 Å². The normalized spacial score (nSPS) is 25.1. The molecule has 0 aliphatic heterocycles. The smallest absolute Gasteiger partial charge is 0.391 e. The van der Waals surface area contributed by atoms with Crippen LogP contribution in [0.5, 0.6) is 0 Å². The van der Waals surface area contributed by atoms with E-state index in [0.29, 0.717) is 19.4 Å². The van der Waals surface area contributed by atoms with Gasteiger partial charge in [-0.3, -0.25) is 0 Å². The molecule has 2 nitrogen and oxygen atoms in total. The predicted molar refractivity (Wildman–Crippen MR) is 66.4 cm³/mol. The first-order chi connectivity index (χ1) is 8.93. The fourth-order valence-corrected chi connectivity index (χ4v) is 2.18. The van der Waals surface area contributed by atoms with Crippen molar-refractivity contribution in [2.24, 2.45) is 11.8 Å². The minimum absolute atomic E-state index is 0.172. The molecule has 0 bridgehead atoms. The van der Waals surface area contributed by atoms with Gasteiger partial charge in [0.2, 0.25) is 0 Å². The Bertz CT molecular complexity index is 337. The van der Waals surface area contributed by atoms with E-state index in [1.165, 1.54) is 6.08 Å². The van der Waals surface area contributed by atoms with Crippen molar-refractivity contribution in [2.75, 3.05) is 6.61 Å². The van der Waals surface area contributed by atoms with Gasteiger partial charge < -0.3 is 4.74 Å². The van der Waals surface area contributed by atoms with Gasteiger partial charge >= 0.3 is 12.1 Å². The lowest BCUT2D eigenvalue weighted by Crippen LogP contribution is -2.27. The maximum Gasteiger partial charge on any atom is 0.391 e. The Morgan fingerprint density at radius 3 is 2.37 bits per heavy atom. The fourth-order valence-electron chi connectivity index (χ4n) is 2.18. The fraction of sp³-hybridized carbons (Fsp3) is 0.643. The quantitative estimate of drug-likeness (QED) is 0.440. The van der Waals surface area contributed by atoms with Gasteiger partial charge in [-0.05, 0) is 38.5 Å². The van der Waals surface area contributed by atoms with Gasteiger partial charge in [0, 0.05) is 6.08 Å². The second-order valence-corrected chi connectivity index (χ2v) is 4.65. The monoisotopic (exact) mass is 276 g/mol. The van der Waals surface area contributed by atoms with Gasteiger partial charge in [0.25, 0.3) is 0 Å². The summed E-state index contributed by atoms with van der Waals surface area (Å²) >= 11 is 0. The van der Waals surface area contributed by atoms with Crippen LogP contribution in [-0.4, -0.2) is 18.8 Å². The Kier molecular flexibility index (Phi) is 6.12. The molecule has 1 rings (SSSR count). The summed E-state index contributed by atoms with van der Waals surface area (Å²) in [4.78, 5) is 11.0. The zero-order chi connectivity index (χ0) is 14.3. The molecule has 0 aromatic rings. The summed E-state index contributed by atoms with van der Waals surface area (Å²) in [6, 6.07) is 0. The summed E-state index contributed by atoms with van der Waals surface area (Å²) in [5.41, 5.74) is 0. The first kappa shape index (κ1) is 15.8. The van der Waals surface area contributed by atoms with E-state index >= 15 is 0 Å². The van der Waals surface area contributed by atoms with Crippen molar-refractivity contribution in [3.63, 3.8) is 0 Å². The summed E-state index contributed by atoms with van der Waals surface area (Å²) in [5, 5.41) is 0. The highest BCUT2D eigenvalue weighted by Crippen LogP contribution is 2.39. The van der Waals surface area contributed by atoms with E-state index in [1.807, 2.05) is 6.08 Å². The highest BCUT2D eigenvalue weighted by Gasteiger charge is 2.40. The Labute approximate surface area is 111 Å². The van der Waals surface area contributed by atoms with Gasteiger partial charge in [-0.1, -0.05) is 18.2 Å². The number of esters is 1. The number of carbonyl (C=O) groups is 1. The first-order valence-corrected chi connectivity index (χ1v) is 6.51. The van der Waals surface area contributed by atoms with Gasteiger partial charge in [0.05, 0.1) is 12.5 Å². The molecule has 0 amide bonds. The van der Waals surface area contributed by atoms with Crippen LogP contribution >= 0.6 is 0 Å². The number of allylic oxidation sites excluding steroid dienone is 3. The van der Waals surface area contributed by atoms with E-state index in [0.717, 1.165) is 0 Å². The van der Waals surface area contributed by atoms with Crippen LogP contribution in [0.2, 0.25) is 0 Å². The van der Waals surface area contributed by atoms with Crippen molar-refractivity contribution < 1.29 is 22.7 Å². The van der Waals surface area contributed by atoms with Crippen molar-refractivity contribution in [1.82, 2.24) is 0 Å². The highest BCUT2D eigenvalue weighted by molar-refractivity contribution is 5.82. The molecule has 0 unspecified atom stereocenters. The highest BCUT2D eigenvalue weighted by atomic mass is 19.4. The summed E-state index contributed by atoms with van der Waals surface area (Å²) in [7, 11) is 0. The lowest BCUT2D eigenvalue weighted by atomic mass is 9.81. The zero-order valence-electron chi connectivity index (χ0n) is 11.0. The van der Waals surface area contributed by atoms with Crippen LogP contribution in [0.4, 0.5) is 13.2 Å². The lowest BCUT2D eigenvalue weighted by molar-refractivity contribution is -0.183. The molecule has 0 spiro atoms. The van der Waals surface area contributed by atoms with Crippen molar-refractivity contribution in [2.45, 2.75) is 38.8 Å². The van der Waals surface area contributed by atoms with Crippen LogP contribution in [0.3, 0.4) is 0 Å². The minimum atomic E-state index is -4.06. The van der Waals surface area contributed by atoms with E-state index in [1.54, 1.807) is 19.1 Å². The number of rotatable bonds is 4. The average Bonchev–Trinajstić information content (AvgIpc) is 2.34. The van der Waals surface area contributed by atoms with Crippen molar-refractivity contribution in [1.29, 1.82) is 0 Å². The maximum atomic E-state index is 12.5. The Balaban J connectivity index is 2.31. The number of hydrogen-bond acceptors (Lipinski definition) is 2. The van der Waals surface area contributed by atoms with Crippen LogP contribution < -0.4 is 0 Å². The molecular formula is C14H19F3O2. The Morgan fingerprint density at radius 2 is 1.84 bits per heavy atom. The number of hydrogen-bond donors (Lipinski definition) is 0. The van der Waals surface area contributed by atoms with Crippen LogP contribution in [0.25, 0.3) is 0 Å². The Hall–Kier alpha value is -1.26. The molecule has 5 heteroatoms. The number of alkyl halides is 3. The van der Waals surface area contributed by atoms with E-state index in [2.05, 4.69) is 0 Å². The second kappa shape index (κ2) is 7.36. The third kappa shape index (κ3) is 5.94. The van der Waals surface area contributed by atoms with Gasteiger partial charge in [-0.2, -0.15) is 13.2 Å². The maximum absolute atomic E-state index is 12.5. The van der Waals surface area contributed by atoms with Gasteiger partial charge in [0.15, 0.2) is 0 Å². The second-order valence-electron chi connectivity index (χ2n) is 4.65. The molecule has 0 radical (unpaired) electrons. The van der Waals surface area contributed by atoms with Crippen molar-refractivity contribution in [3.05, 3.63) is 24.3 Å². The van der Waals surface area contributed by atoms with Gasteiger partial charge in [-0.15, -0.1) is 0 Å². The predicted octanol–water partition coefficient (Wildman–Crippen LogP) is 4.03. The summed E-state index contributed by atoms with van der Waals surface area (Å²) < 4.78 is 42.1. The van der Waals surface area contributed by atoms with E-state index < -0.39 is 18.1 Å². The Morgan fingerprint density at radius 1 is 1.21 bits per heavy atom. The molecule has 19 heavy (non-hydrogen) atoms. The number of ether oxygens (including phenoxy) is 1. The molecule has 0 saturated heterocycles. The standard InChI is InChI=1S/C14H19F3O2/c1-2-19-13(18)6-4-3-5-11-7-9-12(10-8-11)14(15,16)17/h3-6,11-12H,2,7-10H2,1H3/b5-3+,6-4+. The molecule has 0 N–H and O–H groups in total. The molecule has 1 fully saturated rings. The first-order valence-electron chi connectivity index (χ1n) is 6.51. The van der Waals surface area contributed by atoms with E-state index in [4.69, 9.17) is 4.74 Å². The molecular weight excluding hydrogens is 257 g/mol. The van der Waals surface area contributed by atoms with Crippen LogP contribution in [0.15, 0.2) is 24.3 Å². The van der Waals surface area contributed by atoms with Crippen LogP contribution in [0.1, 0.15) is 32.6 Å².